The molecule has 186 valence electrons. The van der Waals surface area contributed by atoms with Crippen molar-refractivity contribution in [2.24, 2.45) is 0 Å². The van der Waals surface area contributed by atoms with Crippen LogP contribution in [0.25, 0.3) is 0 Å². The number of hydrogen-bond donors (Lipinski definition) is 1. The average Bonchev–Trinajstić information content (AvgIpc) is 2.82. The smallest absolute Gasteiger partial charge is 0.243 e. The molecule has 0 fully saturated rings. The van der Waals surface area contributed by atoms with Crippen molar-refractivity contribution in [2.75, 3.05) is 20.7 Å². The van der Waals surface area contributed by atoms with E-state index in [0.717, 1.165) is 16.3 Å². The molecule has 8 nitrogen and oxygen atoms in total. The molecule has 0 radical (unpaired) electrons. The quantitative estimate of drug-likeness (QED) is 0.501. The van der Waals surface area contributed by atoms with Crippen LogP contribution in [0.15, 0.2) is 53.4 Å². The first-order valence-electron chi connectivity index (χ1n) is 10.9. The highest BCUT2D eigenvalue weighted by Gasteiger charge is 2.30. The van der Waals surface area contributed by atoms with Crippen molar-refractivity contribution >= 4 is 33.4 Å². The Kier molecular flexibility index (Phi) is 9.90. The van der Waals surface area contributed by atoms with Crippen molar-refractivity contribution in [3.63, 3.8) is 0 Å². The Morgan fingerprint density at radius 2 is 1.65 bits per heavy atom. The van der Waals surface area contributed by atoms with Crippen LogP contribution in [0.4, 0.5) is 0 Å². The first-order chi connectivity index (χ1) is 16.0. The zero-order chi connectivity index (χ0) is 25.5. The molecule has 2 rings (SSSR count). The first kappa shape index (κ1) is 27.6. The lowest BCUT2D eigenvalue weighted by Crippen LogP contribution is -2.51. The van der Waals surface area contributed by atoms with Crippen LogP contribution < -0.4 is 10.1 Å². The van der Waals surface area contributed by atoms with E-state index in [0.29, 0.717) is 10.8 Å². The van der Waals surface area contributed by atoms with E-state index in [4.69, 9.17) is 16.3 Å². The van der Waals surface area contributed by atoms with Crippen LogP contribution in [0.2, 0.25) is 5.02 Å². The second-order valence-corrected chi connectivity index (χ2v) is 10.6. The Labute approximate surface area is 206 Å². The molecule has 2 aromatic rings. The Hall–Kier alpha value is -2.62. The predicted octanol–water partition coefficient (Wildman–Crippen LogP) is 3.30. The van der Waals surface area contributed by atoms with Gasteiger partial charge in [0.1, 0.15) is 11.8 Å². The van der Waals surface area contributed by atoms with E-state index in [1.54, 1.807) is 38.3 Å². The van der Waals surface area contributed by atoms with Crippen molar-refractivity contribution < 1.29 is 22.7 Å². The van der Waals surface area contributed by atoms with E-state index in [2.05, 4.69) is 5.32 Å². The van der Waals surface area contributed by atoms with Crippen LogP contribution >= 0.6 is 11.6 Å². The van der Waals surface area contributed by atoms with E-state index in [-0.39, 0.29) is 23.4 Å². The highest BCUT2D eigenvalue weighted by Crippen LogP contribution is 2.19. The minimum atomic E-state index is -3.92. The van der Waals surface area contributed by atoms with Gasteiger partial charge in [-0.2, -0.15) is 4.31 Å². The summed E-state index contributed by atoms with van der Waals surface area (Å²) in [6.45, 7) is 5.17. The van der Waals surface area contributed by atoms with Gasteiger partial charge in [-0.15, -0.1) is 0 Å². The first-order valence-corrected chi connectivity index (χ1v) is 12.8. The Bertz CT molecular complexity index is 1070. The number of carbonyl (C=O) groups is 2. The molecular formula is C24H32ClN3O5S. The van der Waals surface area contributed by atoms with Crippen molar-refractivity contribution in [3.05, 3.63) is 59.1 Å². The van der Waals surface area contributed by atoms with Crippen LogP contribution in [0.3, 0.4) is 0 Å². The van der Waals surface area contributed by atoms with Gasteiger partial charge >= 0.3 is 0 Å². The van der Waals surface area contributed by atoms with E-state index in [9.17, 15) is 18.0 Å². The van der Waals surface area contributed by atoms with Gasteiger partial charge in [0.05, 0.1) is 18.6 Å². The van der Waals surface area contributed by atoms with Gasteiger partial charge in [-0.1, -0.05) is 30.7 Å². The van der Waals surface area contributed by atoms with Gasteiger partial charge in [0.15, 0.2) is 0 Å². The summed E-state index contributed by atoms with van der Waals surface area (Å²) in [4.78, 5) is 27.5. The van der Waals surface area contributed by atoms with Gasteiger partial charge in [-0.05, 0) is 62.2 Å². The maximum atomic E-state index is 13.3. The zero-order valence-electron chi connectivity index (χ0n) is 20.1. The van der Waals surface area contributed by atoms with Crippen LogP contribution in [0.1, 0.15) is 32.8 Å². The summed E-state index contributed by atoms with van der Waals surface area (Å²) in [5.74, 6) is -0.139. The topological polar surface area (TPSA) is 96.0 Å². The number of nitrogens with one attached hydrogen (secondary N) is 1. The summed E-state index contributed by atoms with van der Waals surface area (Å²) in [6, 6.07) is 12.0. The highest BCUT2D eigenvalue weighted by atomic mass is 35.5. The monoisotopic (exact) mass is 509 g/mol. The molecular weight excluding hydrogens is 478 g/mol. The molecule has 0 aliphatic rings. The third-order valence-electron chi connectivity index (χ3n) is 5.56. The minimum Gasteiger partial charge on any atom is -0.497 e. The summed E-state index contributed by atoms with van der Waals surface area (Å²) in [7, 11) is -1.04. The van der Waals surface area contributed by atoms with Gasteiger partial charge in [-0.25, -0.2) is 8.42 Å². The van der Waals surface area contributed by atoms with Crippen molar-refractivity contribution in [2.45, 2.75) is 50.7 Å². The second-order valence-electron chi connectivity index (χ2n) is 8.08. The van der Waals surface area contributed by atoms with Crippen molar-refractivity contribution in [1.29, 1.82) is 0 Å². The molecule has 0 saturated carbocycles. The minimum absolute atomic E-state index is 0.0245. The summed E-state index contributed by atoms with van der Waals surface area (Å²) in [5.41, 5.74) is 0.778. The van der Waals surface area contributed by atoms with Crippen molar-refractivity contribution in [3.8, 4) is 5.75 Å². The Balaban J connectivity index is 2.27. The summed E-state index contributed by atoms with van der Waals surface area (Å²) in [6.07, 6.45) is 0.743. The molecule has 0 spiro atoms. The fourth-order valence-corrected chi connectivity index (χ4v) is 4.37. The number of ether oxygens (including phenoxy) is 1. The number of hydrogen-bond acceptors (Lipinski definition) is 5. The molecule has 0 saturated heterocycles. The number of likely N-dealkylation sites (N-methyl/N-ethyl adjacent to an activating group) is 1. The largest absolute Gasteiger partial charge is 0.497 e. The second kappa shape index (κ2) is 12.2. The maximum absolute atomic E-state index is 13.3. The molecule has 2 atom stereocenters. The number of halogens is 1. The lowest BCUT2D eigenvalue weighted by molar-refractivity contribution is -0.140. The summed E-state index contributed by atoms with van der Waals surface area (Å²) < 4.78 is 32.0. The van der Waals surface area contributed by atoms with Crippen LogP contribution in [-0.2, 0) is 26.2 Å². The Morgan fingerprint density at radius 1 is 1.06 bits per heavy atom. The van der Waals surface area contributed by atoms with Crippen LogP contribution in [0, 0.1) is 0 Å². The molecule has 0 bridgehead atoms. The number of benzene rings is 2. The zero-order valence-corrected chi connectivity index (χ0v) is 21.7. The van der Waals surface area contributed by atoms with E-state index in [1.165, 1.54) is 36.2 Å². The average molecular weight is 510 g/mol. The standard InChI is InChI=1S/C24H32ClN3O5S/c1-6-17(2)26-24(30)18(3)28(15-19-7-11-21(33-5)12-8-19)23(29)16-27(4)34(31,32)22-13-9-20(25)10-14-22/h7-14,17-18H,6,15-16H2,1-5H3,(H,26,30)/t17-,18-/m0/s1. The normalized spacial score (nSPS) is 13.3. The SMILES string of the molecule is CC[C@H](C)NC(=O)[C@H](C)N(Cc1ccc(OC)cc1)C(=O)CN(C)S(=O)(=O)c1ccc(Cl)cc1. The highest BCUT2D eigenvalue weighted by molar-refractivity contribution is 7.89. The fourth-order valence-electron chi connectivity index (χ4n) is 3.13. The molecule has 34 heavy (non-hydrogen) atoms. The molecule has 0 aliphatic carbocycles. The number of amides is 2. The van der Waals surface area contributed by atoms with Crippen LogP contribution in [0.5, 0.6) is 5.75 Å². The number of methoxy groups -OCH3 is 1. The fraction of sp³-hybridized carbons (Fsp3) is 0.417. The molecule has 0 aromatic heterocycles. The number of carbonyl (C=O) groups excluding carboxylic acids is 2. The third kappa shape index (κ3) is 7.19. The molecule has 2 aromatic carbocycles. The summed E-state index contributed by atoms with van der Waals surface area (Å²) >= 11 is 5.86. The van der Waals surface area contributed by atoms with E-state index < -0.39 is 28.5 Å². The predicted molar refractivity (Wildman–Crippen MR) is 132 cm³/mol. The molecule has 0 heterocycles. The Morgan fingerprint density at radius 3 is 2.18 bits per heavy atom. The van der Waals surface area contributed by atoms with Gasteiger partial charge in [0.2, 0.25) is 21.8 Å². The summed E-state index contributed by atoms with van der Waals surface area (Å²) in [5, 5.41) is 3.29. The number of rotatable bonds is 11. The van der Waals surface area contributed by atoms with E-state index >= 15 is 0 Å². The lowest BCUT2D eigenvalue weighted by Gasteiger charge is -2.31. The van der Waals surface area contributed by atoms with Gasteiger partial charge in [-0.3, -0.25) is 9.59 Å². The molecule has 0 aliphatic heterocycles. The molecule has 1 N–H and O–H groups in total. The van der Waals surface area contributed by atoms with Crippen molar-refractivity contribution in [1.82, 2.24) is 14.5 Å². The van der Waals surface area contributed by atoms with Gasteiger partial charge in [0, 0.05) is 24.7 Å². The number of nitrogens with zero attached hydrogens (tertiary/aromatic N) is 2. The van der Waals surface area contributed by atoms with Crippen LogP contribution in [-0.4, -0.2) is 62.2 Å². The third-order valence-corrected chi connectivity index (χ3v) is 7.63. The number of sulfonamides is 1. The molecule has 0 unspecified atom stereocenters. The molecule has 2 amide bonds. The van der Waals surface area contributed by atoms with Gasteiger partial charge in [0.25, 0.3) is 0 Å². The van der Waals surface area contributed by atoms with Gasteiger partial charge < -0.3 is 15.0 Å². The maximum Gasteiger partial charge on any atom is 0.243 e. The van der Waals surface area contributed by atoms with E-state index in [1.807, 2.05) is 13.8 Å². The lowest BCUT2D eigenvalue weighted by atomic mass is 10.1. The molecule has 10 heteroatoms.